The van der Waals surface area contributed by atoms with E-state index in [-0.39, 0.29) is 23.3 Å². The predicted molar refractivity (Wildman–Crippen MR) is 155 cm³/mol. The molecule has 4 rings (SSSR count). The van der Waals surface area contributed by atoms with Gasteiger partial charge in [0.1, 0.15) is 11.8 Å². The van der Waals surface area contributed by atoms with Crippen LogP contribution in [0.4, 0.5) is 5.69 Å². The fourth-order valence-corrected chi connectivity index (χ4v) is 5.61. The van der Waals surface area contributed by atoms with Gasteiger partial charge < -0.3 is 20.4 Å². The molecule has 1 aromatic heterocycles. The number of oxazole rings is 1. The molecule has 39 heavy (non-hydrogen) atoms. The summed E-state index contributed by atoms with van der Waals surface area (Å²) in [5.41, 5.74) is 7.23. The monoisotopic (exact) mass is 533 g/mol. The highest BCUT2D eigenvalue weighted by Gasteiger charge is 2.58. The highest BCUT2D eigenvalue weighted by Crippen LogP contribution is 2.59. The molecule has 1 saturated heterocycles. The highest BCUT2D eigenvalue weighted by molar-refractivity contribution is 5.83. The first-order valence-electron chi connectivity index (χ1n) is 14.5. The largest absolute Gasteiger partial charge is 0.438 e. The molecule has 1 saturated carbocycles. The number of carbonyl (C=O) groups is 2. The van der Waals surface area contributed by atoms with Crippen molar-refractivity contribution in [2.24, 2.45) is 22.1 Å². The van der Waals surface area contributed by atoms with Crippen LogP contribution in [0.2, 0.25) is 0 Å². The molecule has 2 heterocycles. The fourth-order valence-electron chi connectivity index (χ4n) is 5.61. The molecular weight excluding hydrogens is 490 g/mol. The fraction of sp³-hybridized carbons (Fsp3) is 0.548. The topological polar surface area (TPSA) is 114 Å². The molecule has 1 aliphatic carbocycles. The molecule has 0 radical (unpaired) electrons. The molecule has 8 nitrogen and oxygen atoms in total. The molecular formula is C31H43N5O3. The Morgan fingerprint density at radius 1 is 1.21 bits per heavy atom. The van der Waals surface area contributed by atoms with E-state index in [1.54, 1.807) is 18.5 Å². The van der Waals surface area contributed by atoms with E-state index in [0.717, 1.165) is 75.8 Å². The van der Waals surface area contributed by atoms with Crippen LogP contribution in [0.1, 0.15) is 83.6 Å². The Morgan fingerprint density at radius 3 is 2.67 bits per heavy atom. The first-order chi connectivity index (χ1) is 19.0. The number of ketones is 1. The minimum absolute atomic E-state index is 0.0813. The molecule has 0 bridgehead atoms. The van der Waals surface area contributed by atoms with Crippen molar-refractivity contribution < 1.29 is 14.0 Å². The Bertz CT molecular complexity index is 1150. The SMILES string of the molecule is CCC(=O)CCCCC[C@H](NC(=O)[C@H]1CC12CCN(CC)CC2)c1ncc(-c2ccc(N=CC=CN)cc2)o1. The van der Waals surface area contributed by atoms with Crippen molar-refractivity contribution in [2.75, 3.05) is 19.6 Å². The minimum atomic E-state index is -0.284. The number of nitrogens with zero attached hydrogens (tertiary/aromatic N) is 3. The van der Waals surface area contributed by atoms with E-state index in [9.17, 15) is 9.59 Å². The number of hydrogen-bond acceptors (Lipinski definition) is 7. The van der Waals surface area contributed by atoms with Gasteiger partial charge in [-0.1, -0.05) is 26.7 Å². The Hall–Kier alpha value is -3.26. The molecule has 1 aromatic carbocycles. The van der Waals surface area contributed by atoms with Gasteiger partial charge in [-0.25, -0.2) is 4.98 Å². The summed E-state index contributed by atoms with van der Waals surface area (Å²) in [6, 6.07) is 7.42. The number of rotatable bonds is 14. The molecule has 2 fully saturated rings. The normalized spacial score (nSPS) is 19.6. The standard InChI is InChI=1S/C31H43N5O3/c1-3-25(37)9-6-5-7-10-27(35-29(38)26-21-31(26)15-19-36(4-2)20-16-31)30-34-22-28(39-30)23-11-13-24(14-12-23)33-18-8-17-32/h8,11-14,17-18,22,26-27H,3-7,9-10,15-16,19-21,32H2,1-2H3,(H,35,38)/t26-,27+/m1/s1. The summed E-state index contributed by atoms with van der Waals surface area (Å²) in [4.78, 5) is 36.4. The summed E-state index contributed by atoms with van der Waals surface area (Å²) in [6.07, 6.45) is 14.3. The lowest BCUT2D eigenvalue weighted by atomic mass is 9.90. The van der Waals surface area contributed by atoms with Crippen molar-refractivity contribution in [1.29, 1.82) is 0 Å². The number of allylic oxidation sites excluding steroid dienone is 1. The maximum atomic E-state index is 13.4. The second-order valence-electron chi connectivity index (χ2n) is 10.9. The van der Waals surface area contributed by atoms with Crippen LogP contribution < -0.4 is 11.1 Å². The summed E-state index contributed by atoms with van der Waals surface area (Å²) in [6.45, 7) is 7.34. The summed E-state index contributed by atoms with van der Waals surface area (Å²) in [7, 11) is 0. The third kappa shape index (κ3) is 7.66. The van der Waals surface area contributed by atoms with Gasteiger partial charge in [-0.3, -0.25) is 14.6 Å². The molecule has 2 aromatic rings. The number of likely N-dealkylation sites (tertiary alicyclic amines) is 1. The molecule has 1 amide bonds. The number of nitrogens with two attached hydrogens (primary N) is 1. The lowest BCUT2D eigenvalue weighted by molar-refractivity contribution is -0.124. The Kier molecular flexibility index (Phi) is 10.1. The second-order valence-corrected chi connectivity index (χ2v) is 10.9. The van der Waals surface area contributed by atoms with E-state index in [2.05, 4.69) is 27.1 Å². The number of nitrogens with one attached hydrogen (secondary N) is 1. The first-order valence-corrected chi connectivity index (χ1v) is 14.5. The van der Waals surface area contributed by atoms with Crippen LogP contribution in [-0.4, -0.2) is 47.4 Å². The van der Waals surface area contributed by atoms with Crippen LogP contribution in [-0.2, 0) is 9.59 Å². The number of benzene rings is 1. The molecule has 0 unspecified atom stereocenters. The zero-order valence-corrected chi connectivity index (χ0v) is 23.4. The number of amides is 1. The molecule has 1 spiro atoms. The minimum Gasteiger partial charge on any atom is -0.438 e. The Morgan fingerprint density at radius 2 is 1.97 bits per heavy atom. The summed E-state index contributed by atoms with van der Waals surface area (Å²) >= 11 is 0. The lowest BCUT2D eigenvalue weighted by Crippen LogP contribution is -2.37. The lowest BCUT2D eigenvalue weighted by Gasteiger charge is -2.32. The molecule has 210 valence electrons. The van der Waals surface area contributed by atoms with E-state index in [1.165, 1.54) is 6.20 Å². The third-order valence-corrected chi connectivity index (χ3v) is 8.36. The smallest absolute Gasteiger partial charge is 0.224 e. The maximum absolute atomic E-state index is 13.4. The molecule has 1 aliphatic heterocycles. The maximum Gasteiger partial charge on any atom is 0.224 e. The Labute approximate surface area is 232 Å². The van der Waals surface area contributed by atoms with Crippen molar-refractivity contribution in [1.82, 2.24) is 15.2 Å². The van der Waals surface area contributed by atoms with Crippen molar-refractivity contribution in [3.05, 3.63) is 48.6 Å². The number of aliphatic imine (C=N–C) groups is 1. The number of piperidine rings is 1. The zero-order valence-electron chi connectivity index (χ0n) is 23.4. The van der Waals surface area contributed by atoms with E-state index < -0.39 is 0 Å². The predicted octanol–water partition coefficient (Wildman–Crippen LogP) is 5.73. The average Bonchev–Trinajstić information content (AvgIpc) is 3.43. The van der Waals surface area contributed by atoms with Gasteiger partial charge in [0.25, 0.3) is 0 Å². The van der Waals surface area contributed by atoms with Crippen LogP contribution in [0.25, 0.3) is 11.3 Å². The third-order valence-electron chi connectivity index (χ3n) is 8.36. The van der Waals surface area contributed by atoms with Crippen LogP contribution in [0.3, 0.4) is 0 Å². The number of hydrogen-bond donors (Lipinski definition) is 2. The van der Waals surface area contributed by atoms with Gasteiger partial charge in [0.2, 0.25) is 11.8 Å². The van der Waals surface area contributed by atoms with Crippen molar-refractivity contribution in [3.8, 4) is 11.3 Å². The summed E-state index contributed by atoms with van der Waals surface area (Å²) in [5, 5.41) is 3.29. The quantitative estimate of drug-likeness (QED) is 0.237. The molecule has 2 aliphatic rings. The van der Waals surface area contributed by atoms with Gasteiger partial charge in [-0.05, 0) is 93.7 Å². The van der Waals surface area contributed by atoms with E-state index in [1.807, 2.05) is 31.2 Å². The number of aromatic nitrogens is 1. The van der Waals surface area contributed by atoms with Gasteiger partial charge in [-0.2, -0.15) is 0 Å². The van der Waals surface area contributed by atoms with Gasteiger partial charge in [0.15, 0.2) is 5.76 Å². The number of carbonyl (C=O) groups excluding carboxylic acids is 2. The van der Waals surface area contributed by atoms with Gasteiger partial charge >= 0.3 is 0 Å². The molecule has 8 heteroatoms. The van der Waals surface area contributed by atoms with E-state index in [0.29, 0.717) is 30.3 Å². The van der Waals surface area contributed by atoms with E-state index in [4.69, 9.17) is 10.2 Å². The van der Waals surface area contributed by atoms with E-state index >= 15 is 0 Å². The van der Waals surface area contributed by atoms with Crippen molar-refractivity contribution in [2.45, 2.75) is 77.7 Å². The van der Waals surface area contributed by atoms with Gasteiger partial charge in [0.05, 0.1) is 11.9 Å². The average molecular weight is 534 g/mol. The van der Waals surface area contributed by atoms with Crippen molar-refractivity contribution >= 4 is 23.6 Å². The Balaban J connectivity index is 1.40. The first kappa shape index (κ1) is 28.7. The molecule has 2 atom stereocenters. The number of Topliss-reactive ketones (excluding diaryl/α,β-unsaturated/α-hetero) is 1. The summed E-state index contributed by atoms with van der Waals surface area (Å²) < 4.78 is 6.20. The van der Waals surface area contributed by atoms with Crippen LogP contribution in [0.15, 0.2) is 52.1 Å². The summed E-state index contributed by atoms with van der Waals surface area (Å²) in [5.74, 6) is 1.70. The van der Waals surface area contributed by atoms with Gasteiger partial charge in [-0.15, -0.1) is 0 Å². The van der Waals surface area contributed by atoms with Crippen LogP contribution in [0.5, 0.6) is 0 Å². The van der Waals surface area contributed by atoms with Crippen LogP contribution >= 0.6 is 0 Å². The van der Waals surface area contributed by atoms with Gasteiger partial charge in [0, 0.05) is 30.5 Å². The van der Waals surface area contributed by atoms with Crippen molar-refractivity contribution in [3.63, 3.8) is 0 Å². The van der Waals surface area contributed by atoms with Crippen LogP contribution in [0, 0.1) is 11.3 Å². The highest BCUT2D eigenvalue weighted by atomic mass is 16.4. The molecule has 3 N–H and O–H groups in total. The number of unbranched alkanes of at least 4 members (excludes halogenated alkanes) is 2. The zero-order chi connectivity index (χ0) is 27.7. The second kappa shape index (κ2) is 13.7.